The molecule has 8 nitrogen and oxygen atoms in total. The topological polar surface area (TPSA) is 78.6 Å². The molecule has 216 valence electrons. The molecule has 8 heteroatoms. The lowest BCUT2D eigenvalue weighted by Gasteiger charge is -2.37. The first kappa shape index (κ1) is 27.6. The number of nitrogens with zero attached hydrogens (tertiary/aromatic N) is 5. The zero-order chi connectivity index (χ0) is 29.2. The molecule has 0 aliphatic carbocycles. The van der Waals surface area contributed by atoms with Gasteiger partial charge in [0, 0.05) is 49.6 Å². The van der Waals surface area contributed by atoms with E-state index in [1.54, 1.807) is 27.7 Å². The van der Waals surface area contributed by atoms with Crippen molar-refractivity contribution in [1.29, 1.82) is 0 Å². The average molecular weight is 563 g/mol. The summed E-state index contributed by atoms with van der Waals surface area (Å²) in [5.41, 5.74) is 4.16. The summed E-state index contributed by atoms with van der Waals surface area (Å²) < 4.78 is 3.19. The van der Waals surface area contributed by atoms with Crippen molar-refractivity contribution >= 4 is 22.1 Å². The Morgan fingerprint density at radius 3 is 1.98 bits per heavy atom. The van der Waals surface area contributed by atoms with Crippen LogP contribution < -0.4 is 20.8 Å². The van der Waals surface area contributed by atoms with Crippen molar-refractivity contribution in [2.75, 3.05) is 36.0 Å². The molecule has 2 N–H and O–H groups in total. The number of phenols is 1. The van der Waals surface area contributed by atoms with Crippen molar-refractivity contribution in [1.82, 2.24) is 19.7 Å². The largest absolute Gasteiger partial charge is 0.508 e. The Bertz CT molecular complexity index is 1700. The van der Waals surface area contributed by atoms with E-state index in [0.29, 0.717) is 0 Å². The first-order valence-corrected chi connectivity index (χ1v) is 14.7. The summed E-state index contributed by atoms with van der Waals surface area (Å²) in [5, 5.41) is 20.2. The molecular formula is C34H38N6O2. The van der Waals surface area contributed by atoms with Crippen LogP contribution in [0.1, 0.15) is 38.4 Å². The number of anilines is 2. The Hall–Kier alpha value is -4.56. The van der Waals surface area contributed by atoms with E-state index in [1.165, 1.54) is 16.3 Å². The van der Waals surface area contributed by atoms with Crippen LogP contribution >= 0.6 is 0 Å². The molecule has 3 unspecified atom stereocenters. The number of aromatic hydroxyl groups is 1. The predicted molar refractivity (Wildman–Crippen MR) is 170 cm³/mol. The molecule has 6 rings (SSSR count). The maximum atomic E-state index is 13.4. The molecule has 4 aromatic carbocycles. The highest BCUT2D eigenvalue weighted by molar-refractivity contribution is 5.86. The van der Waals surface area contributed by atoms with Gasteiger partial charge in [-0.3, -0.25) is 0 Å². The Balaban J connectivity index is 1.10. The molecule has 0 radical (unpaired) electrons. The van der Waals surface area contributed by atoms with Crippen molar-refractivity contribution in [2.24, 2.45) is 0 Å². The Labute approximate surface area is 246 Å². The molecule has 1 aliphatic heterocycles. The molecule has 0 spiro atoms. The fourth-order valence-corrected chi connectivity index (χ4v) is 5.95. The number of fused-ring (bicyclic) bond motifs is 1. The van der Waals surface area contributed by atoms with Crippen LogP contribution in [0.25, 0.3) is 16.5 Å². The van der Waals surface area contributed by atoms with E-state index < -0.39 is 0 Å². The van der Waals surface area contributed by atoms with Gasteiger partial charge in [0.1, 0.15) is 12.1 Å². The van der Waals surface area contributed by atoms with Crippen molar-refractivity contribution in [2.45, 2.75) is 38.9 Å². The maximum absolute atomic E-state index is 13.4. The van der Waals surface area contributed by atoms with E-state index in [1.807, 2.05) is 31.2 Å². The van der Waals surface area contributed by atoms with Gasteiger partial charge in [-0.05, 0) is 85.6 Å². The number of nitrogens with one attached hydrogen (secondary N) is 1. The van der Waals surface area contributed by atoms with Crippen LogP contribution in [-0.4, -0.2) is 51.7 Å². The summed E-state index contributed by atoms with van der Waals surface area (Å²) in [6.07, 6.45) is 1.62. The van der Waals surface area contributed by atoms with Crippen LogP contribution in [0.15, 0.2) is 102 Å². The monoisotopic (exact) mass is 562 g/mol. The van der Waals surface area contributed by atoms with Gasteiger partial charge in [-0.15, -0.1) is 0 Å². The maximum Gasteiger partial charge on any atom is 0.350 e. The molecule has 1 saturated heterocycles. The van der Waals surface area contributed by atoms with E-state index in [9.17, 15) is 9.90 Å². The molecule has 3 atom stereocenters. The van der Waals surface area contributed by atoms with Crippen LogP contribution in [0.5, 0.6) is 5.75 Å². The van der Waals surface area contributed by atoms with Gasteiger partial charge >= 0.3 is 5.69 Å². The lowest BCUT2D eigenvalue weighted by atomic mass is 9.98. The van der Waals surface area contributed by atoms with Gasteiger partial charge in [0.2, 0.25) is 0 Å². The van der Waals surface area contributed by atoms with Gasteiger partial charge in [0.05, 0.1) is 11.7 Å². The molecular weight excluding hydrogens is 524 g/mol. The number of phenolic OH excluding ortho intramolecular Hbond substituents is 1. The fraction of sp³-hybridized carbons (Fsp3) is 0.294. The van der Waals surface area contributed by atoms with Gasteiger partial charge in [0.25, 0.3) is 0 Å². The number of piperazine rings is 1. The van der Waals surface area contributed by atoms with Gasteiger partial charge in [-0.25, -0.2) is 14.0 Å². The van der Waals surface area contributed by atoms with Crippen molar-refractivity contribution < 1.29 is 5.11 Å². The molecule has 1 aliphatic rings. The zero-order valence-corrected chi connectivity index (χ0v) is 24.4. The van der Waals surface area contributed by atoms with Crippen molar-refractivity contribution in [3.63, 3.8) is 0 Å². The SMILES string of the molecule is CC(NC(C)C(C)n1ncn(-c2ccc(N3CCN(c4ccc(O)cc4)CC3)cc2)c1=O)c1cccc2ccccc12. The Morgan fingerprint density at radius 2 is 1.31 bits per heavy atom. The van der Waals surface area contributed by atoms with Crippen molar-refractivity contribution in [3.05, 3.63) is 113 Å². The normalized spacial score (nSPS) is 16.0. The second-order valence-corrected chi connectivity index (χ2v) is 11.2. The van der Waals surface area contributed by atoms with Gasteiger partial charge in [-0.1, -0.05) is 42.5 Å². The van der Waals surface area contributed by atoms with Gasteiger partial charge in [0.15, 0.2) is 0 Å². The molecule has 2 heterocycles. The Kier molecular flexibility index (Phi) is 7.71. The molecule has 0 saturated carbocycles. The molecule has 0 bridgehead atoms. The lowest BCUT2D eigenvalue weighted by molar-refractivity contribution is 0.335. The number of hydrogen-bond donors (Lipinski definition) is 2. The highest BCUT2D eigenvalue weighted by atomic mass is 16.3. The third-order valence-corrected chi connectivity index (χ3v) is 8.59. The quantitative estimate of drug-likeness (QED) is 0.259. The second kappa shape index (κ2) is 11.7. The Morgan fingerprint density at radius 1 is 0.738 bits per heavy atom. The number of benzene rings is 4. The van der Waals surface area contributed by atoms with Crippen LogP contribution in [-0.2, 0) is 0 Å². The lowest BCUT2D eigenvalue weighted by Crippen LogP contribution is -2.46. The highest BCUT2D eigenvalue weighted by Gasteiger charge is 2.22. The molecule has 1 fully saturated rings. The average Bonchev–Trinajstić information content (AvgIpc) is 3.41. The summed E-state index contributed by atoms with van der Waals surface area (Å²) in [4.78, 5) is 18.1. The van der Waals surface area contributed by atoms with Crippen LogP contribution in [0.4, 0.5) is 11.4 Å². The van der Waals surface area contributed by atoms with Crippen LogP contribution in [0.2, 0.25) is 0 Å². The van der Waals surface area contributed by atoms with E-state index in [2.05, 4.69) is 88.7 Å². The number of aromatic nitrogens is 3. The van der Waals surface area contributed by atoms with E-state index in [4.69, 9.17) is 0 Å². The fourth-order valence-electron chi connectivity index (χ4n) is 5.95. The first-order valence-electron chi connectivity index (χ1n) is 14.7. The summed E-state index contributed by atoms with van der Waals surface area (Å²) in [7, 11) is 0. The number of hydrogen-bond acceptors (Lipinski definition) is 6. The highest BCUT2D eigenvalue weighted by Crippen LogP contribution is 2.26. The summed E-state index contributed by atoms with van der Waals surface area (Å²) in [6, 6.07) is 30.3. The van der Waals surface area contributed by atoms with E-state index in [-0.39, 0.29) is 29.6 Å². The summed E-state index contributed by atoms with van der Waals surface area (Å²) >= 11 is 0. The van der Waals surface area contributed by atoms with E-state index in [0.717, 1.165) is 43.2 Å². The first-order chi connectivity index (χ1) is 20.4. The minimum Gasteiger partial charge on any atom is -0.508 e. The van der Waals surface area contributed by atoms with Crippen molar-refractivity contribution in [3.8, 4) is 11.4 Å². The minimum atomic E-state index is -0.149. The minimum absolute atomic E-state index is 0.0163. The zero-order valence-electron chi connectivity index (χ0n) is 24.4. The van der Waals surface area contributed by atoms with E-state index >= 15 is 0 Å². The van der Waals surface area contributed by atoms with Crippen LogP contribution in [0.3, 0.4) is 0 Å². The smallest absolute Gasteiger partial charge is 0.350 e. The standard InChI is InChI=1S/C34H38N6O2/c1-24(36-25(2)32-10-6-8-27-7-4-5-9-33(27)32)26(3)40-34(42)39(23-35-40)30-13-11-28(12-14-30)37-19-21-38(22-20-37)29-15-17-31(41)18-16-29/h4-18,23-26,36,41H,19-22H2,1-3H3. The van der Waals surface area contributed by atoms with Crippen LogP contribution in [0, 0.1) is 0 Å². The summed E-state index contributed by atoms with van der Waals surface area (Å²) in [5.74, 6) is 0.286. The molecule has 1 aromatic heterocycles. The number of rotatable bonds is 8. The predicted octanol–water partition coefficient (Wildman–Crippen LogP) is 5.52. The van der Waals surface area contributed by atoms with Gasteiger partial charge < -0.3 is 20.2 Å². The molecule has 42 heavy (non-hydrogen) atoms. The molecule has 5 aromatic rings. The summed E-state index contributed by atoms with van der Waals surface area (Å²) in [6.45, 7) is 9.92. The third-order valence-electron chi connectivity index (χ3n) is 8.59. The second-order valence-electron chi connectivity index (χ2n) is 11.2. The molecule has 0 amide bonds. The van der Waals surface area contributed by atoms with Gasteiger partial charge in [-0.2, -0.15) is 5.10 Å². The third kappa shape index (κ3) is 5.50.